The fraction of sp³-hybridized carbons (Fsp3) is 0.353. The second-order valence-corrected chi connectivity index (χ2v) is 6.33. The zero-order chi connectivity index (χ0) is 17.2. The summed E-state index contributed by atoms with van der Waals surface area (Å²) in [7, 11) is 0. The summed E-state index contributed by atoms with van der Waals surface area (Å²) in [6, 6.07) is 7.92. The van der Waals surface area contributed by atoms with Crippen LogP contribution in [0.4, 0.5) is 0 Å². The van der Waals surface area contributed by atoms with E-state index in [0.717, 1.165) is 29.9 Å². The van der Waals surface area contributed by atoms with Gasteiger partial charge in [-0.2, -0.15) is 4.68 Å². The summed E-state index contributed by atoms with van der Waals surface area (Å²) >= 11 is 0. The van der Waals surface area contributed by atoms with E-state index >= 15 is 0 Å². The van der Waals surface area contributed by atoms with Crippen molar-refractivity contribution in [3.63, 3.8) is 0 Å². The molecule has 1 aromatic carbocycles. The van der Waals surface area contributed by atoms with Gasteiger partial charge in [0, 0.05) is 18.0 Å². The monoisotopic (exact) mass is 337 g/mol. The molecule has 3 aromatic rings. The minimum Gasteiger partial charge on any atom is -0.348 e. The summed E-state index contributed by atoms with van der Waals surface area (Å²) in [6.07, 6.45) is 4.04. The van der Waals surface area contributed by atoms with E-state index in [2.05, 4.69) is 30.8 Å². The average molecular weight is 337 g/mol. The molecule has 25 heavy (non-hydrogen) atoms. The maximum absolute atomic E-state index is 12.5. The molecule has 0 saturated carbocycles. The molecule has 0 aliphatic heterocycles. The number of carbonyl (C=O) groups excluding carboxylic acids is 1. The average Bonchev–Trinajstić information content (AvgIpc) is 3.28. The molecule has 8 heteroatoms. The zero-order valence-electron chi connectivity index (χ0n) is 13.9. The standard InChI is InChI=1S/C17H19N7O/c1-11-2-5-13(6-3-11)24-16(21-22-23-24)9-18-17(25)12-4-7-14-15(8-12)20-10-19-14/h2-3,5-6,10,12H,4,7-9H2,1H3,(H,18,25)(H,19,20). The van der Waals surface area contributed by atoms with Crippen molar-refractivity contribution < 1.29 is 4.79 Å². The predicted molar refractivity (Wildman–Crippen MR) is 89.8 cm³/mol. The number of amides is 1. The fourth-order valence-corrected chi connectivity index (χ4v) is 3.14. The van der Waals surface area contributed by atoms with Crippen LogP contribution in [0.5, 0.6) is 0 Å². The second kappa shape index (κ2) is 6.46. The highest BCUT2D eigenvalue weighted by Gasteiger charge is 2.26. The van der Waals surface area contributed by atoms with Crippen molar-refractivity contribution >= 4 is 5.91 Å². The van der Waals surface area contributed by atoms with E-state index in [1.807, 2.05) is 31.2 Å². The van der Waals surface area contributed by atoms with Crippen LogP contribution in [0.3, 0.4) is 0 Å². The van der Waals surface area contributed by atoms with E-state index in [4.69, 9.17) is 0 Å². The van der Waals surface area contributed by atoms with Crippen LogP contribution in [0.15, 0.2) is 30.6 Å². The second-order valence-electron chi connectivity index (χ2n) is 6.33. The van der Waals surface area contributed by atoms with E-state index in [1.165, 1.54) is 5.56 Å². The molecule has 0 fully saturated rings. The normalized spacial score (nSPS) is 16.4. The lowest BCUT2D eigenvalue weighted by molar-refractivity contribution is -0.125. The Bertz CT molecular complexity index is 881. The SMILES string of the molecule is Cc1ccc(-n2nnnc2CNC(=O)C2CCc3nc[nH]c3C2)cc1. The molecule has 8 nitrogen and oxygen atoms in total. The third-order valence-electron chi connectivity index (χ3n) is 4.59. The van der Waals surface area contributed by atoms with Gasteiger partial charge in [0.25, 0.3) is 0 Å². The number of carbonyl (C=O) groups is 1. The maximum Gasteiger partial charge on any atom is 0.223 e. The van der Waals surface area contributed by atoms with Crippen LogP contribution in [0.25, 0.3) is 5.69 Å². The Hall–Kier alpha value is -3.03. The molecule has 0 spiro atoms. The van der Waals surface area contributed by atoms with Gasteiger partial charge in [-0.1, -0.05) is 17.7 Å². The van der Waals surface area contributed by atoms with Gasteiger partial charge in [-0.15, -0.1) is 5.10 Å². The number of benzene rings is 1. The van der Waals surface area contributed by atoms with E-state index in [1.54, 1.807) is 11.0 Å². The van der Waals surface area contributed by atoms with E-state index in [9.17, 15) is 4.79 Å². The molecule has 1 amide bonds. The van der Waals surface area contributed by atoms with Crippen LogP contribution in [-0.2, 0) is 24.2 Å². The molecule has 4 rings (SSSR count). The zero-order valence-corrected chi connectivity index (χ0v) is 13.9. The lowest BCUT2D eigenvalue weighted by Crippen LogP contribution is -2.34. The van der Waals surface area contributed by atoms with E-state index in [0.29, 0.717) is 18.8 Å². The fourth-order valence-electron chi connectivity index (χ4n) is 3.14. The van der Waals surface area contributed by atoms with Gasteiger partial charge >= 0.3 is 0 Å². The first-order chi connectivity index (χ1) is 12.2. The van der Waals surface area contributed by atoms with Gasteiger partial charge in [0.1, 0.15) is 0 Å². The number of aromatic nitrogens is 6. The molecule has 1 aliphatic rings. The molecular formula is C17H19N7O. The van der Waals surface area contributed by atoms with Crippen molar-refractivity contribution in [2.75, 3.05) is 0 Å². The molecular weight excluding hydrogens is 318 g/mol. The quantitative estimate of drug-likeness (QED) is 0.743. The third-order valence-corrected chi connectivity index (χ3v) is 4.59. The van der Waals surface area contributed by atoms with Crippen LogP contribution < -0.4 is 5.32 Å². The van der Waals surface area contributed by atoms with Crippen molar-refractivity contribution in [1.82, 2.24) is 35.5 Å². The van der Waals surface area contributed by atoms with Crippen LogP contribution in [-0.4, -0.2) is 36.1 Å². The van der Waals surface area contributed by atoms with Crippen LogP contribution in [0.2, 0.25) is 0 Å². The Labute approximate surface area is 144 Å². The van der Waals surface area contributed by atoms with Gasteiger partial charge in [-0.3, -0.25) is 4.79 Å². The van der Waals surface area contributed by atoms with Crippen molar-refractivity contribution in [1.29, 1.82) is 0 Å². The molecule has 0 radical (unpaired) electrons. The van der Waals surface area contributed by atoms with Gasteiger partial charge in [0.2, 0.25) is 5.91 Å². The highest BCUT2D eigenvalue weighted by Crippen LogP contribution is 2.23. The summed E-state index contributed by atoms with van der Waals surface area (Å²) in [6.45, 7) is 2.33. The van der Waals surface area contributed by atoms with Gasteiger partial charge in [-0.05, 0) is 42.3 Å². The number of nitrogens with one attached hydrogen (secondary N) is 2. The number of fused-ring (bicyclic) bond motifs is 1. The van der Waals surface area contributed by atoms with Crippen LogP contribution in [0, 0.1) is 12.8 Å². The summed E-state index contributed by atoms with van der Waals surface area (Å²) < 4.78 is 1.65. The summed E-state index contributed by atoms with van der Waals surface area (Å²) in [4.78, 5) is 19.9. The molecule has 1 unspecified atom stereocenters. The van der Waals surface area contributed by atoms with Gasteiger partial charge in [0.05, 0.1) is 24.3 Å². The summed E-state index contributed by atoms with van der Waals surface area (Å²) in [5.41, 5.74) is 4.19. The first kappa shape index (κ1) is 15.5. The Morgan fingerprint density at radius 2 is 2.20 bits per heavy atom. The number of tetrazole rings is 1. The molecule has 128 valence electrons. The molecule has 0 bridgehead atoms. The van der Waals surface area contributed by atoms with Gasteiger partial charge in [0.15, 0.2) is 5.82 Å². The minimum absolute atomic E-state index is 0.0266. The number of hydrogen-bond donors (Lipinski definition) is 2. The molecule has 2 aromatic heterocycles. The van der Waals surface area contributed by atoms with E-state index in [-0.39, 0.29) is 11.8 Å². The Morgan fingerprint density at radius 3 is 3.04 bits per heavy atom. The van der Waals surface area contributed by atoms with Crippen molar-refractivity contribution in [2.24, 2.45) is 5.92 Å². The van der Waals surface area contributed by atoms with Crippen molar-refractivity contribution in [2.45, 2.75) is 32.7 Å². The molecule has 2 heterocycles. The van der Waals surface area contributed by atoms with Gasteiger partial charge in [-0.25, -0.2) is 4.98 Å². The first-order valence-electron chi connectivity index (χ1n) is 8.34. The summed E-state index contributed by atoms with van der Waals surface area (Å²) in [5, 5.41) is 14.7. The molecule has 2 N–H and O–H groups in total. The first-order valence-corrected chi connectivity index (χ1v) is 8.34. The Balaban J connectivity index is 1.41. The largest absolute Gasteiger partial charge is 0.348 e. The topological polar surface area (TPSA) is 101 Å². The van der Waals surface area contributed by atoms with Gasteiger partial charge < -0.3 is 10.3 Å². The molecule has 1 atom stereocenters. The number of H-pyrrole nitrogens is 1. The lowest BCUT2D eigenvalue weighted by Gasteiger charge is -2.20. The highest BCUT2D eigenvalue weighted by atomic mass is 16.1. The number of aryl methyl sites for hydroxylation is 2. The number of rotatable bonds is 4. The number of nitrogens with zero attached hydrogens (tertiary/aromatic N) is 5. The van der Waals surface area contributed by atoms with E-state index < -0.39 is 0 Å². The van der Waals surface area contributed by atoms with Crippen molar-refractivity contribution in [3.05, 3.63) is 53.4 Å². The van der Waals surface area contributed by atoms with Crippen molar-refractivity contribution in [3.8, 4) is 5.69 Å². The van der Waals surface area contributed by atoms with Crippen LogP contribution >= 0.6 is 0 Å². The summed E-state index contributed by atoms with van der Waals surface area (Å²) in [5.74, 6) is 0.589. The third kappa shape index (κ3) is 3.15. The van der Waals surface area contributed by atoms with Crippen LogP contribution in [0.1, 0.15) is 29.2 Å². The molecule has 0 saturated heterocycles. The number of aromatic amines is 1. The minimum atomic E-state index is -0.0448. The number of imidazole rings is 1. The smallest absolute Gasteiger partial charge is 0.223 e. The Kier molecular flexibility index (Phi) is 4.01. The number of hydrogen-bond acceptors (Lipinski definition) is 5. The Morgan fingerprint density at radius 1 is 1.36 bits per heavy atom. The molecule has 1 aliphatic carbocycles. The highest BCUT2D eigenvalue weighted by molar-refractivity contribution is 5.79. The predicted octanol–water partition coefficient (Wildman–Crippen LogP) is 1.12. The lowest BCUT2D eigenvalue weighted by atomic mass is 9.89. The maximum atomic E-state index is 12.5.